The van der Waals surface area contributed by atoms with Crippen molar-refractivity contribution in [1.29, 1.82) is 0 Å². The van der Waals surface area contributed by atoms with E-state index in [1.165, 1.54) is 6.07 Å². The maximum Gasteiger partial charge on any atom is 0.174 e. The van der Waals surface area contributed by atoms with Gasteiger partial charge in [-0.1, -0.05) is 18.2 Å². The minimum Gasteiger partial charge on any atom is -0.351 e. The third-order valence-electron chi connectivity index (χ3n) is 4.10. The topological polar surface area (TPSA) is 28.2 Å². The molecule has 1 N–H and O–H groups in total. The molecule has 3 aromatic rings. The first-order chi connectivity index (χ1) is 12.1. The highest BCUT2D eigenvalue weighted by atomic mass is 79.9. The van der Waals surface area contributed by atoms with Crippen molar-refractivity contribution in [2.45, 2.75) is 12.1 Å². The van der Waals surface area contributed by atoms with E-state index in [2.05, 4.69) is 26.2 Å². The number of thiophene rings is 1. The van der Waals surface area contributed by atoms with Gasteiger partial charge in [0.2, 0.25) is 0 Å². The number of hydrogen-bond donors (Lipinski definition) is 1. The standard InChI is InChI=1S/C18H13BrFN3S2/c19-15-9-8-14(25-15)17-16(12-6-3-4-10-21-12)22-18(24)23(17)13-7-2-1-5-11(13)20/h1-10,16-17H,(H,22,24). The van der Waals surface area contributed by atoms with Crippen LogP contribution in [-0.2, 0) is 0 Å². The molecule has 0 saturated carbocycles. The lowest BCUT2D eigenvalue weighted by atomic mass is 10.0. The van der Waals surface area contributed by atoms with Crippen molar-refractivity contribution in [1.82, 2.24) is 10.3 Å². The minimum absolute atomic E-state index is 0.154. The van der Waals surface area contributed by atoms with Gasteiger partial charge >= 0.3 is 0 Å². The number of aromatic nitrogens is 1. The fourth-order valence-corrected chi connectivity index (χ4v) is 4.93. The number of pyridine rings is 1. The molecule has 0 aliphatic carbocycles. The van der Waals surface area contributed by atoms with E-state index in [9.17, 15) is 4.39 Å². The number of nitrogens with one attached hydrogen (secondary N) is 1. The molecule has 3 heterocycles. The summed E-state index contributed by atoms with van der Waals surface area (Å²) < 4.78 is 15.5. The molecule has 0 radical (unpaired) electrons. The van der Waals surface area contributed by atoms with Gasteiger partial charge in [-0.05, 0) is 64.5 Å². The number of nitrogens with zero attached hydrogens (tertiary/aromatic N) is 2. The summed E-state index contributed by atoms with van der Waals surface area (Å²) in [5.74, 6) is -0.297. The van der Waals surface area contributed by atoms with Crippen molar-refractivity contribution < 1.29 is 4.39 Å². The van der Waals surface area contributed by atoms with Gasteiger partial charge in [0.15, 0.2) is 5.11 Å². The Balaban J connectivity index is 1.85. The van der Waals surface area contributed by atoms with E-state index in [0.29, 0.717) is 10.8 Å². The highest BCUT2D eigenvalue weighted by Crippen LogP contribution is 2.44. The first kappa shape index (κ1) is 16.6. The summed E-state index contributed by atoms with van der Waals surface area (Å²) >= 11 is 10.7. The maximum atomic E-state index is 14.5. The number of benzene rings is 1. The van der Waals surface area contributed by atoms with E-state index in [-0.39, 0.29) is 17.9 Å². The second kappa shape index (κ2) is 6.82. The van der Waals surface area contributed by atoms with Crippen LogP contribution in [0.15, 0.2) is 64.6 Å². The molecule has 2 aromatic heterocycles. The van der Waals surface area contributed by atoms with Gasteiger partial charge < -0.3 is 10.2 Å². The van der Waals surface area contributed by atoms with E-state index in [0.717, 1.165) is 14.4 Å². The van der Waals surface area contributed by atoms with Crippen molar-refractivity contribution >= 4 is 50.3 Å². The quantitative estimate of drug-likeness (QED) is 0.572. The molecule has 4 rings (SSSR count). The summed E-state index contributed by atoms with van der Waals surface area (Å²) in [7, 11) is 0. The van der Waals surface area contributed by atoms with Gasteiger partial charge in [-0.15, -0.1) is 11.3 Å². The fraction of sp³-hybridized carbons (Fsp3) is 0.111. The Morgan fingerprint density at radius 2 is 1.92 bits per heavy atom. The average molecular weight is 434 g/mol. The van der Waals surface area contributed by atoms with Crippen LogP contribution in [0.25, 0.3) is 0 Å². The molecule has 0 bridgehead atoms. The Labute approximate surface area is 162 Å². The number of thiocarbonyl (C=S) groups is 1. The van der Waals surface area contributed by atoms with Crippen LogP contribution >= 0.6 is 39.5 Å². The lowest BCUT2D eigenvalue weighted by Gasteiger charge is -2.27. The molecule has 25 heavy (non-hydrogen) atoms. The second-order valence-electron chi connectivity index (χ2n) is 5.59. The number of anilines is 1. The van der Waals surface area contributed by atoms with E-state index in [1.54, 1.807) is 29.7 Å². The molecular weight excluding hydrogens is 421 g/mol. The van der Waals surface area contributed by atoms with Crippen LogP contribution in [0.5, 0.6) is 0 Å². The minimum atomic E-state index is -0.297. The Bertz CT molecular complexity index is 915. The molecule has 2 unspecified atom stereocenters. The SMILES string of the molecule is Fc1ccccc1N1C(=S)NC(c2ccccn2)C1c1ccc(Br)s1. The number of rotatable bonds is 3. The molecule has 1 fully saturated rings. The Morgan fingerprint density at radius 3 is 2.60 bits per heavy atom. The van der Waals surface area contributed by atoms with Crippen LogP contribution in [0.2, 0.25) is 0 Å². The van der Waals surface area contributed by atoms with Gasteiger partial charge in [-0.3, -0.25) is 4.98 Å². The normalized spacial score (nSPS) is 19.9. The van der Waals surface area contributed by atoms with Crippen molar-refractivity contribution in [3.8, 4) is 0 Å². The molecule has 1 saturated heterocycles. The van der Waals surface area contributed by atoms with E-state index in [1.807, 2.05) is 41.3 Å². The number of para-hydroxylation sites is 1. The molecule has 2 atom stereocenters. The molecule has 1 aliphatic heterocycles. The zero-order valence-corrected chi connectivity index (χ0v) is 16.1. The molecule has 0 spiro atoms. The lowest BCUT2D eigenvalue weighted by molar-refractivity contribution is 0.565. The Morgan fingerprint density at radius 1 is 1.12 bits per heavy atom. The van der Waals surface area contributed by atoms with Crippen LogP contribution in [0.4, 0.5) is 10.1 Å². The molecule has 1 aromatic carbocycles. The highest BCUT2D eigenvalue weighted by molar-refractivity contribution is 9.11. The average Bonchev–Trinajstić information content (AvgIpc) is 3.19. The van der Waals surface area contributed by atoms with Gasteiger partial charge in [0.1, 0.15) is 5.82 Å². The second-order valence-corrected chi connectivity index (χ2v) is 8.47. The Hall–Kier alpha value is -1.83. The van der Waals surface area contributed by atoms with Gasteiger partial charge in [0.25, 0.3) is 0 Å². The largest absolute Gasteiger partial charge is 0.351 e. The van der Waals surface area contributed by atoms with Crippen LogP contribution < -0.4 is 10.2 Å². The third kappa shape index (κ3) is 3.07. The van der Waals surface area contributed by atoms with E-state index >= 15 is 0 Å². The smallest absolute Gasteiger partial charge is 0.174 e. The van der Waals surface area contributed by atoms with Crippen LogP contribution in [0.1, 0.15) is 22.7 Å². The maximum absolute atomic E-state index is 14.5. The van der Waals surface area contributed by atoms with Gasteiger partial charge in [-0.2, -0.15) is 0 Å². The van der Waals surface area contributed by atoms with Crippen molar-refractivity contribution in [2.75, 3.05) is 4.90 Å². The zero-order valence-electron chi connectivity index (χ0n) is 12.9. The highest BCUT2D eigenvalue weighted by Gasteiger charge is 2.42. The van der Waals surface area contributed by atoms with Crippen molar-refractivity contribution in [3.05, 3.63) is 81.0 Å². The van der Waals surface area contributed by atoms with Crippen molar-refractivity contribution in [3.63, 3.8) is 0 Å². The summed E-state index contributed by atoms with van der Waals surface area (Å²) in [6.07, 6.45) is 1.76. The molecular formula is C18H13BrFN3S2. The van der Waals surface area contributed by atoms with Gasteiger partial charge in [-0.25, -0.2) is 4.39 Å². The van der Waals surface area contributed by atoms with E-state index in [4.69, 9.17) is 12.2 Å². The molecule has 0 amide bonds. The van der Waals surface area contributed by atoms with Crippen LogP contribution in [-0.4, -0.2) is 10.1 Å². The predicted octanol–water partition coefficient (Wildman–Crippen LogP) is 5.22. The van der Waals surface area contributed by atoms with Crippen molar-refractivity contribution in [2.24, 2.45) is 0 Å². The number of hydrogen-bond acceptors (Lipinski definition) is 3. The molecule has 3 nitrogen and oxygen atoms in total. The summed E-state index contributed by atoms with van der Waals surface area (Å²) in [5.41, 5.74) is 1.34. The first-order valence-electron chi connectivity index (χ1n) is 7.65. The fourth-order valence-electron chi connectivity index (χ4n) is 3.04. The summed E-state index contributed by atoms with van der Waals surface area (Å²) in [6, 6.07) is 16.2. The van der Waals surface area contributed by atoms with Crippen LogP contribution in [0.3, 0.4) is 0 Å². The number of halogens is 2. The first-order valence-corrected chi connectivity index (χ1v) is 9.67. The molecule has 126 valence electrons. The molecule has 7 heteroatoms. The predicted molar refractivity (Wildman–Crippen MR) is 106 cm³/mol. The monoisotopic (exact) mass is 433 g/mol. The molecule has 1 aliphatic rings. The summed E-state index contributed by atoms with van der Waals surface area (Å²) in [4.78, 5) is 7.41. The zero-order chi connectivity index (χ0) is 17.4. The lowest BCUT2D eigenvalue weighted by Crippen LogP contribution is -2.29. The van der Waals surface area contributed by atoms with Gasteiger partial charge in [0, 0.05) is 11.1 Å². The van der Waals surface area contributed by atoms with Crippen LogP contribution in [0, 0.1) is 5.82 Å². The van der Waals surface area contributed by atoms with Gasteiger partial charge in [0.05, 0.1) is 27.3 Å². The Kier molecular flexibility index (Phi) is 4.54. The summed E-state index contributed by atoms with van der Waals surface area (Å²) in [6.45, 7) is 0. The summed E-state index contributed by atoms with van der Waals surface area (Å²) in [5, 5.41) is 3.82. The van der Waals surface area contributed by atoms with E-state index < -0.39 is 0 Å². The third-order valence-corrected chi connectivity index (χ3v) is 6.10.